The molecule has 0 aromatic heterocycles. The van der Waals surface area contributed by atoms with Crippen LogP contribution in [0.4, 0.5) is 0 Å². The molecule has 4 fully saturated rings. The van der Waals surface area contributed by atoms with Gasteiger partial charge in [0.25, 0.3) is 0 Å². The fraction of sp³-hybridized carbons (Fsp3) is 0.808. The monoisotopic (exact) mass is 494 g/mol. The maximum absolute atomic E-state index is 12.4. The quantitative estimate of drug-likeness (QED) is 0.357. The first-order valence-electron chi connectivity index (χ1n) is 12.4. The highest BCUT2D eigenvalue weighted by Gasteiger charge is 2.73. The summed E-state index contributed by atoms with van der Waals surface area (Å²) in [7, 11) is 0. The molecule has 3 heterocycles. The Labute approximate surface area is 206 Å². The van der Waals surface area contributed by atoms with Crippen molar-refractivity contribution in [1.29, 1.82) is 0 Å². The third-order valence-electron chi connectivity index (χ3n) is 8.53. The average Bonchev–Trinajstić information content (AvgIpc) is 3.24. The van der Waals surface area contributed by atoms with Gasteiger partial charge in [-0.25, -0.2) is 0 Å². The molecule has 4 rings (SSSR count). The SMILES string of the molecule is C=C1C[C@H]2O[C@H]([C@@H]3[C@@H](C(C)C)[C@H](OC(C)=O)[C@H](OC(C)=O)[C@@](C)(OC(C)=O)[C@@H]32)[C@]2(C)CC[C@@]1(O)O2. The molecule has 0 aromatic carbocycles. The Bertz CT molecular complexity index is 930. The Kier molecular flexibility index (Phi) is 6.38. The van der Waals surface area contributed by atoms with E-state index in [2.05, 4.69) is 6.58 Å². The summed E-state index contributed by atoms with van der Waals surface area (Å²) in [4.78, 5) is 37.0. The molecule has 1 N–H and O–H groups in total. The van der Waals surface area contributed by atoms with Crippen LogP contribution in [0.25, 0.3) is 0 Å². The molecule has 1 saturated carbocycles. The van der Waals surface area contributed by atoms with E-state index >= 15 is 0 Å². The minimum Gasteiger partial charge on any atom is -0.458 e. The average molecular weight is 495 g/mol. The Morgan fingerprint density at radius 1 is 1.06 bits per heavy atom. The zero-order valence-electron chi connectivity index (χ0n) is 21.7. The summed E-state index contributed by atoms with van der Waals surface area (Å²) in [6, 6.07) is 0. The van der Waals surface area contributed by atoms with Crippen molar-refractivity contribution in [3.05, 3.63) is 12.2 Å². The molecule has 0 radical (unpaired) electrons. The maximum Gasteiger partial charge on any atom is 0.303 e. The molecule has 0 spiro atoms. The lowest BCUT2D eigenvalue weighted by Gasteiger charge is -2.55. The largest absolute Gasteiger partial charge is 0.458 e. The van der Waals surface area contributed by atoms with Gasteiger partial charge in [0.15, 0.2) is 17.5 Å². The van der Waals surface area contributed by atoms with Gasteiger partial charge >= 0.3 is 17.9 Å². The minimum atomic E-state index is -1.46. The maximum atomic E-state index is 12.4. The molecular weight excluding hydrogens is 456 g/mol. The van der Waals surface area contributed by atoms with Gasteiger partial charge in [-0.05, 0) is 38.2 Å². The predicted octanol–water partition coefficient (Wildman–Crippen LogP) is 2.67. The summed E-state index contributed by atoms with van der Waals surface area (Å²) in [5.41, 5.74) is -1.70. The van der Waals surface area contributed by atoms with Crippen LogP contribution >= 0.6 is 0 Å². The molecule has 35 heavy (non-hydrogen) atoms. The summed E-state index contributed by atoms with van der Waals surface area (Å²) in [6.07, 6.45) is -1.64. The van der Waals surface area contributed by atoms with E-state index in [1.54, 1.807) is 6.92 Å². The molecule has 3 aliphatic heterocycles. The standard InChI is InChI=1S/C26H38O9/c1-12(2)18-19-20(17-11-13(3)26(30)10-9-24(7,35-26)22(19)33-17)25(8,34-16(6)29)23(32-15(5)28)21(18)31-14(4)27/h12,17-23,30H,3,9-11H2,1-2,4-8H3/t17-,18-,19-,20-,21+,22-,23+,24+,25+,26-/m1/s1. The van der Waals surface area contributed by atoms with Crippen LogP contribution in [0.15, 0.2) is 12.2 Å². The molecule has 4 bridgehead atoms. The molecule has 9 nitrogen and oxygen atoms in total. The Morgan fingerprint density at radius 2 is 1.69 bits per heavy atom. The molecule has 3 saturated heterocycles. The van der Waals surface area contributed by atoms with Gasteiger partial charge in [0.1, 0.15) is 6.10 Å². The van der Waals surface area contributed by atoms with E-state index in [1.807, 2.05) is 20.8 Å². The third kappa shape index (κ3) is 4.09. The molecule has 0 aromatic rings. The van der Waals surface area contributed by atoms with Gasteiger partial charge in [-0.15, -0.1) is 0 Å². The number of hydrogen-bond donors (Lipinski definition) is 1. The number of esters is 3. The van der Waals surface area contributed by atoms with Crippen molar-refractivity contribution in [3.8, 4) is 0 Å². The molecule has 10 atom stereocenters. The van der Waals surface area contributed by atoms with E-state index in [9.17, 15) is 19.5 Å². The van der Waals surface area contributed by atoms with Crippen LogP contribution in [-0.4, -0.2) is 64.4 Å². The first-order chi connectivity index (χ1) is 16.1. The zero-order chi connectivity index (χ0) is 26.1. The van der Waals surface area contributed by atoms with E-state index in [1.165, 1.54) is 20.8 Å². The lowest BCUT2D eigenvalue weighted by atomic mass is 9.55. The van der Waals surface area contributed by atoms with Crippen LogP contribution in [0.2, 0.25) is 0 Å². The van der Waals surface area contributed by atoms with E-state index < -0.39 is 65.2 Å². The van der Waals surface area contributed by atoms with Crippen molar-refractivity contribution < 1.29 is 43.2 Å². The van der Waals surface area contributed by atoms with Crippen LogP contribution in [-0.2, 0) is 38.1 Å². The number of carbonyl (C=O) groups excluding carboxylic acids is 3. The Hall–Kier alpha value is -1.97. The van der Waals surface area contributed by atoms with Crippen molar-refractivity contribution in [2.45, 2.75) is 109 Å². The Morgan fingerprint density at radius 3 is 2.23 bits per heavy atom. The minimum absolute atomic E-state index is 0.00974. The summed E-state index contributed by atoms with van der Waals surface area (Å²) in [5, 5.41) is 11.2. The molecule has 196 valence electrons. The van der Waals surface area contributed by atoms with Gasteiger partial charge in [0.05, 0.1) is 17.8 Å². The zero-order valence-corrected chi connectivity index (χ0v) is 21.7. The van der Waals surface area contributed by atoms with Gasteiger partial charge in [0, 0.05) is 44.9 Å². The Balaban J connectivity index is 1.94. The summed E-state index contributed by atoms with van der Waals surface area (Å²) < 4.78 is 30.6. The second kappa shape index (κ2) is 8.56. The highest BCUT2D eigenvalue weighted by Crippen LogP contribution is 2.62. The fourth-order valence-electron chi connectivity index (χ4n) is 7.37. The van der Waals surface area contributed by atoms with Crippen LogP contribution in [0.3, 0.4) is 0 Å². The third-order valence-corrected chi connectivity index (χ3v) is 8.53. The predicted molar refractivity (Wildman–Crippen MR) is 123 cm³/mol. The topological polar surface area (TPSA) is 118 Å². The summed E-state index contributed by atoms with van der Waals surface area (Å²) >= 11 is 0. The highest BCUT2D eigenvalue weighted by atomic mass is 16.7. The smallest absolute Gasteiger partial charge is 0.303 e. The first kappa shape index (κ1) is 26.1. The lowest BCUT2D eigenvalue weighted by molar-refractivity contribution is -0.253. The van der Waals surface area contributed by atoms with Crippen LogP contribution in [0.5, 0.6) is 0 Å². The number of fused-ring (bicyclic) bond motifs is 8. The second-order valence-corrected chi connectivity index (χ2v) is 11.4. The van der Waals surface area contributed by atoms with Crippen molar-refractivity contribution in [1.82, 2.24) is 0 Å². The van der Waals surface area contributed by atoms with Crippen molar-refractivity contribution in [3.63, 3.8) is 0 Å². The van der Waals surface area contributed by atoms with E-state index in [0.29, 0.717) is 18.4 Å². The van der Waals surface area contributed by atoms with Crippen LogP contribution in [0.1, 0.15) is 67.7 Å². The summed E-state index contributed by atoms with van der Waals surface area (Å²) in [5.74, 6) is -4.12. The molecule has 9 heteroatoms. The van der Waals surface area contributed by atoms with Crippen LogP contribution in [0, 0.1) is 23.7 Å². The molecule has 0 amide bonds. The number of carbonyl (C=O) groups is 3. The molecule has 1 aliphatic carbocycles. The highest BCUT2D eigenvalue weighted by molar-refractivity contribution is 5.69. The van der Waals surface area contributed by atoms with E-state index in [-0.39, 0.29) is 24.2 Å². The van der Waals surface area contributed by atoms with E-state index in [0.717, 1.165) is 0 Å². The number of rotatable bonds is 4. The first-order valence-corrected chi connectivity index (χ1v) is 12.4. The van der Waals surface area contributed by atoms with Gasteiger partial charge in [-0.3, -0.25) is 14.4 Å². The van der Waals surface area contributed by atoms with Crippen LogP contribution < -0.4 is 0 Å². The van der Waals surface area contributed by atoms with Gasteiger partial charge < -0.3 is 28.8 Å². The molecule has 0 unspecified atom stereocenters. The molecule has 4 aliphatic rings. The summed E-state index contributed by atoms with van der Waals surface area (Å²) in [6.45, 7) is 15.7. The van der Waals surface area contributed by atoms with E-state index in [4.69, 9.17) is 23.7 Å². The molecular formula is C26H38O9. The van der Waals surface area contributed by atoms with Crippen molar-refractivity contribution in [2.24, 2.45) is 23.7 Å². The van der Waals surface area contributed by atoms with Crippen molar-refractivity contribution in [2.75, 3.05) is 0 Å². The number of hydrogen-bond acceptors (Lipinski definition) is 9. The second-order valence-electron chi connectivity index (χ2n) is 11.4. The normalized spacial score (nSPS) is 46.4. The fourth-order valence-corrected chi connectivity index (χ4v) is 7.37. The number of aliphatic hydroxyl groups is 1. The number of ether oxygens (including phenoxy) is 5. The van der Waals surface area contributed by atoms with Gasteiger partial charge in [-0.1, -0.05) is 20.4 Å². The van der Waals surface area contributed by atoms with Crippen molar-refractivity contribution >= 4 is 17.9 Å². The van der Waals surface area contributed by atoms with Gasteiger partial charge in [0.2, 0.25) is 0 Å². The lowest BCUT2D eigenvalue weighted by Crippen LogP contribution is -2.69. The van der Waals surface area contributed by atoms with Gasteiger partial charge in [-0.2, -0.15) is 0 Å².